The maximum absolute atomic E-state index is 12.5. The van der Waals surface area contributed by atoms with Crippen LogP contribution in [-0.2, 0) is 20.7 Å². The molecule has 0 aliphatic heterocycles. The molecule has 0 aliphatic carbocycles. The van der Waals surface area contributed by atoms with Crippen molar-refractivity contribution < 1.29 is 14.3 Å². The molecule has 2 aromatic rings. The van der Waals surface area contributed by atoms with Crippen molar-refractivity contribution in [3.05, 3.63) is 70.2 Å². The third-order valence-corrected chi connectivity index (χ3v) is 4.06. The molecule has 0 radical (unpaired) electrons. The summed E-state index contributed by atoms with van der Waals surface area (Å²) in [6.45, 7) is 0. The fraction of sp³-hybridized carbons (Fsp3) is 0.222. The van der Waals surface area contributed by atoms with E-state index in [1.165, 1.54) is 7.11 Å². The highest BCUT2D eigenvalue weighted by molar-refractivity contribution is 9.10. The van der Waals surface area contributed by atoms with Gasteiger partial charge in [0.05, 0.1) is 0 Å². The van der Waals surface area contributed by atoms with Crippen LogP contribution in [0.25, 0.3) is 0 Å². The molecule has 0 spiro atoms. The number of rotatable bonds is 7. The van der Waals surface area contributed by atoms with E-state index in [1.807, 2.05) is 42.5 Å². The number of hydrogen-bond acceptors (Lipinski definition) is 3. The molecule has 2 aromatic carbocycles. The number of carbonyl (C=O) groups is 2. The Morgan fingerprint density at radius 3 is 2.46 bits per heavy atom. The fourth-order valence-electron chi connectivity index (χ4n) is 2.39. The van der Waals surface area contributed by atoms with Gasteiger partial charge >= 0.3 is 0 Å². The number of ether oxygens (including phenoxy) is 1. The average molecular weight is 391 g/mol. The number of carbonyl (C=O) groups excluding carboxylic acids is 2. The molecule has 5 nitrogen and oxygen atoms in total. The van der Waals surface area contributed by atoms with E-state index in [9.17, 15) is 9.59 Å². The van der Waals surface area contributed by atoms with Crippen molar-refractivity contribution in [2.24, 2.45) is 5.73 Å². The van der Waals surface area contributed by atoms with E-state index in [0.717, 1.165) is 10.0 Å². The lowest BCUT2D eigenvalue weighted by molar-refractivity contribution is -0.134. The molecule has 0 bridgehead atoms. The molecule has 126 valence electrons. The van der Waals surface area contributed by atoms with Crippen LogP contribution in [0.15, 0.2) is 59.1 Å². The molecule has 2 amide bonds. The Balaban J connectivity index is 2.11. The summed E-state index contributed by atoms with van der Waals surface area (Å²) in [5, 5.41) is 2.68. The van der Waals surface area contributed by atoms with E-state index in [0.29, 0.717) is 12.0 Å². The van der Waals surface area contributed by atoms with Crippen LogP contribution in [0.4, 0.5) is 0 Å². The Labute approximate surface area is 149 Å². The third-order valence-electron chi connectivity index (χ3n) is 3.56. The molecule has 2 rings (SSSR count). The number of amides is 2. The molecule has 0 aromatic heterocycles. The van der Waals surface area contributed by atoms with E-state index in [2.05, 4.69) is 21.2 Å². The van der Waals surface area contributed by atoms with Gasteiger partial charge in [0.2, 0.25) is 5.91 Å². The molecule has 0 unspecified atom stereocenters. The van der Waals surface area contributed by atoms with E-state index in [1.54, 1.807) is 12.1 Å². The summed E-state index contributed by atoms with van der Waals surface area (Å²) < 4.78 is 6.17. The van der Waals surface area contributed by atoms with Crippen molar-refractivity contribution in [1.29, 1.82) is 0 Å². The van der Waals surface area contributed by atoms with Crippen LogP contribution in [0.5, 0.6) is 0 Å². The van der Waals surface area contributed by atoms with Crippen LogP contribution in [-0.4, -0.2) is 25.0 Å². The number of nitrogens with one attached hydrogen (secondary N) is 1. The smallest absolute Gasteiger partial charge is 0.254 e. The van der Waals surface area contributed by atoms with E-state index >= 15 is 0 Å². The van der Waals surface area contributed by atoms with Gasteiger partial charge in [0, 0.05) is 18.0 Å². The van der Waals surface area contributed by atoms with Crippen molar-refractivity contribution >= 4 is 27.7 Å². The number of nitrogens with two attached hydrogens (primary N) is 1. The minimum Gasteiger partial charge on any atom is -0.368 e. The number of halogens is 1. The zero-order chi connectivity index (χ0) is 17.5. The topological polar surface area (TPSA) is 81.4 Å². The van der Waals surface area contributed by atoms with Gasteiger partial charge in [-0.2, -0.15) is 0 Å². The van der Waals surface area contributed by atoms with Gasteiger partial charge < -0.3 is 15.8 Å². The van der Waals surface area contributed by atoms with Crippen LogP contribution in [0.3, 0.4) is 0 Å². The SMILES string of the molecule is CO[C@@H](C(=O)N[C@@H](Cc1cccc(Br)c1)C(N)=O)c1ccccc1. The standard InChI is InChI=1S/C18H19BrN2O3/c1-24-16(13-7-3-2-4-8-13)18(23)21-15(17(20)22)11-12-6-5-9-14(19)10-12/h2-10,15-16H,11H2,1H3,(H2,20,22)(H,21,23)/t15-,16+/m0/s1. The highest BCUT2D eigenvalue weighted by atomic mass is 79.9. The molecule has 24 heavy (non-hydrogen) atoms. The zero-order valence-corrected chi connectivity index (χ0v) is 14.8. The van der Waals surface area contributed by atoms with Gasteiger partial charge in [0.1, 0.15) is 6.04 Å². The number of hydrogen-bond donors (Lipinski definition) is 2. The average Bonchev–Trinajstić information content (AvgIpc) is 2.56. The largest absolute Gasteiger partial charge is 0.368 e. The summed E-state index contributed by atoms with van der Waals surface area (Å²) in [4.78, 5) is 24.2. The van der Waals surface area contributed by atoms with Crippen LogP contribution in [0.2, 0.25) is 0 Å². The molecule has 3 N–H and O–H groups in total. The normalized spacial score (nSPS) is 13.1. The lowest BCUT2D eigenvalue weighted by atomic mass is 10.0. The van der Waals surface area contributed by atoms with E-state index < -0.39 is 24.0 Å². The van der Waals surface area contributed by atoms with Crippen LogP contribution < -0.4 is 11.1 Å². The first-order valence-corrected chi connectivity index (χ1v) is 8.22. The highest BCUT2D eigenvalue weighted by Crippen LogP contribution is 2.17. The number of methoxy groups -OCH3 is 1. The van der Waals surface area contributed by atoms with Crippen LogP contribution in [0, 0.1) is 0 Å². The predicted molar refractivity (Wildman–Crippen MR) is 95.2 cm³/mol. The van der Waals surface area contributed by atoms with Gasteiger partial charge in [0.25, 0.3) is 5.91 Å². The molecular weight excluding hydrogens is 372 g/mol. The Bertz CT molecular complexity index is 706. The van der Waals surface area contributed by atoms with Gasteiger partial charge in [-0.3, -0.25) is 9.59 Å². The summed E-state index contributed by atoms with van der Waals surface area (Å²) in [5.74, 6) is -0.992. The molecule has 0 fully saturated rings. The number of benzene rings is 2. The van der Waals surface area contributed by atoms with Crippen molar-refractivity contribution in [3.63, 3.8) is 0 Å². The van der Waals surface area contributed by atoms with Crippen molar-refractivity contribution in [3.8, 4) is 0 Å². The maximum Gasteiger partial charge on any atom is 0.254 e. The first-order valence-electron chi connectivity index (χ1n) is 7.43. The monoisotopic (exact) mass is 390 g/mol. The zero-order valence-electron chi connectivity index (χ0n) is 13.2. The first-order chi connectivity index (χ1) is 11.5. The summed E-state index contributed by atoms with van der Waals surface area (Å²) in [6.07, 6.45) is -0.485. The summed E-state index contributed by atoms with van der Waals surface area (Å²) in [6, 6.07) is 15.8. The van der Waals surface area contributed by atoms with E-state index in [4.69, 9.17) is 10.5 Å². The minimum absolute atomic E-state index is 0.311. The van der Waals surface area contributed by atoms with Crippen LogP contribution in [0.1, 0.15) is 17.2 Å². The van der Waals surface area contributed by atoms with Crippen molar-refractivity contribution in [2.45, 2.75) is 18.6 Å². The van der Waals surface area contributed by atoms with Crippen molar-refractivity contribution in [2.75, 3.05) is 7.11 Å². The second kappa shape index (κ2) is 8.61. The van der Waals surface area contributed by atoms with Gasteiger partial charge in [-0.1, -0.05) is 58.4 Å². The Morgan fingerprint density at radius 1 is 1.17 bits per heavy atom. The van der Waals surface area contributed by atoms with Crippen LogP contribution >= 0.6 is 15.9 Å². The van der Waals surface area contributed by atoms with Gasteiger partial charge in [-0.05, 0) is 23.3 Å². The molecule has 2 atom stereocenters. The molecule has 0 heterocycles. The highest BCUT2D eigenvalue weighted by Gasteiger charge is 2.25. The Hall–Kier alpha value is -2.18. The Morgan fingerprint density at radius 2 is 1.88 bits per heavy atom. The fourth-order valence-corrected chi connectivity index (χ4v) is 2.84. The first kappa shape index (κ1) is 18.2. The molecular formula is C18H19BrN2O3. The molecule has 0 saturated carbocycles. The molecule has 6 heteroatoms. The molecule has 0 saturated heterocycles. The minimum atomic E-state index is -0.812. The summed E-state index contributed by atoms with van der Waals surface area (Å²) in [7, 11) is 1.45. The summed E-state index contributed by atoms with van der Waals surface area (Å²) in [5.41, 5.74) is 7.05. The second-order valence-corrected chi connectivity index (χ2v) is 6.24. The predicted octanol–water partition coefficient (Wildman–Crippen LogP) is 2.35. The Kier molecular flexibility index (Phi) is 6.52. The van der Waals surface area contributed by atoms with Gasteiger partial charge in [-0.25, -0.2) is 0 Å². The molecule has 0 aliphatic rings. The third kappa shape index (κ3) is 4.91. The lowest BCUT2D eigenvalue weighted by Gasteiger charge is -2.20. The van der Waals surface area contributed by atoms with Gasteiger partial charge in [-0.15, -0.1) is 0 Å². The maximum atomic E-state index is 12.5. The van der Waals surface area contributed by atoms with Crippen molar-refractivity contribution in [1.82, 2.24) is 5.32 Å². The van der Waals surface area contributed by atoms with E-state index in [-0.39, 0.29) is 0 Å². The lowest BCUT2D eigenvalue weighted by Crippen LogP contribution is -2.47. The summed E-state index contributed by atoms with van der Waals surface area (Å²) >= 11 is 3.38. The van der Waals surface area contributed by atoms with Gasteiger partial charge in [0.15, 0.2) is 6.10 Å². The second-order valence-electron chi connectivity index (χ2n) is 5.32. The quantitative estimate of drug-likeness (QED) is 0.760. The number of primary amides is 1.